The van der Waals surface area contributed by atoms with Crippen molar-refractivity contribution in [3.8, 4) is 0 Å². The second-order valence-corrected chi connectivity index (χ2v) is 5.00. The van der Waals surface area contributed by atoms with Crippen LogP contribution in [0.1, 0.15) is 19.3 Å². The van der Waals surface area contributed by atoms with Crippen molar-refractivity contribution < 1.29 is 9.53 Å². The van der Waals surface area contributed by atoms with Gasteiger partial charge >= 0.3 is 0 Å². The summed E-state index contributed by atoms with van der Waals surface area (Å²) in [6, 6.07) is 0. The highest BCUT2D eigenvalue weighted by Gasteiger charge is 2.30. The van der Waals surface area contributed by atoms with Crippen LogP contribution in [0.5, 0.6) is 0 Å². The molecule has 0 spiro atoms. The lowest BCUT2D eigenvalue weighted by molar-refractivity contribution is -0.128. The van der Waals surface area contributed by atoms with Crippen molar-refractivity contribution in [1.82, 2.24) is 0 Å². The predicted octanol–water partition coefficient (Wildman–Crippen LogP) is 1.74. The van der Waals surface area contributed by atoms with E-state index in [2.05, 4.69) is 0 Å². The average molecular weight is 200 g/mol. The fraction of sp³-hybridized carbons (Fsp3) is 0.900. The molecule has 0 aliphatic carbocycles. The molecule has 0 saturated carbocycles. The molecule has 2 nitrogen and oxygen atoms in total. The Labute approximate surface area is 83.4 Å². The van der Waals surface area contributed by atoms with Crippen molar-refractivity contribution in [1.29, 1.82) is 0 Å². The van der Waals surface area contributed by atoms with Crippen LogP contribution in [0.2, 0.25) is 0 Å². The van der Waals surface area contributed by atoms with Crippen LogP contribution >= 0.6 is 11.8 Å². The van der Waals surface area contributed by atoms with Crippen LogP contribution in [0.25, 0.3) is 0 Å². The summed E-state index contributed by atoms with van der Waals surface area (Å²) in [6.45, 7) is 1.58. The second-order valence-electron chi connectivity index (χ2n) is 3.85. The van der Waals surface area contributed by atoms with E-state index in [0.717, 1.165) is 38.2 Å². The molecule has 0 aromatic carbocycles. The Morgan fingerprint density at radius 1 is 1.15 bits per heavy atom. The molecule has 0 amide bonds. The molecular formula is C10H16O2S. The lowest BCUT2D eigenvalue weighted by atomic mass is 9.87. The van der Waals surface area contributed by atoms with Gasteiger partial charge in [0.15, 0.2) is 0 Å². The van der Waals surface area contributed by atoms with Crippen LogP contribution in [0.4, 0.5) is 0 Å². The molecular weight excluding hydrogens is 184 g/mol. The number of hydrogen-bond donors (Lipinski definition) is 0. The van der Waals surface area contributed by atoms with E-state index in [0.29, 0.717) is 17.6 Å². The minimum Gasteiger partial charge on any atom is -0.381 e. The number of ether oxygens (including phenoxy) is 1. The maximum atomic E-state index is 11.9. The SMILES string of the molecule is O=C(C1CCOCC1)C1CCSC1. The molecule has 0 bridgehead atoms. The topological polar surface area (TPSA) is 26.3 Å². The van der Waals surface area contributed by atoms with Crippen LogP contribution in [0, 0.1) is 11.8 Å². The molecule has 74 valence electrons. The summed E-state index contributed by atoms with van der Waals surface area (Å²) in [5.41, 5.74) is 0. The van der Waals surface area contributed by atoms with E-state index >= 15 is 0 Å². The molecule has 0 radical (unpaired) electrons. The molecule has 13 heavy (non-hydrogen) atoms. The van der Waals surface area contributed by atoms with E-state index in [4.69, 9.17) is 4.74 Å². The fourth-order valence-electron chi connectivity index (χ4n) is 2.07. The van der Waals surface area contributed by atoms with E-state index < -0.39 is 0 Å². The molecule has 2 rings (SSSR count). The molecule has 2 heterocycles. The Kier molecular flexibility index (Phi) is 3.28. The van der Waals surface area contributed by atoms with E-state index in [1.165, 1.54) is 5.75 Å². The highest BCUT2D eigenvalue weighted by atomic mass is 32.2. The summed E-state index contributed by atoms with van der Waals surface area (Å²) in [7, 11) is 0. The number of carbonyl (C=O) groups excluding carboxylic acids is 1. The number of carbonyl (C=O) groups is 1. The summed E-state index contributed by atoms with van der Waals surface area (Å²) >= 11 is 1.92. The number of Topliss-reactive ketones (excluding diaryl/α,β-unsaturated/α-hetero) is 1. The van der Waals surface area contributed by atoms with Crippen LogP contribution < -0.4 is 0 Å². The molecule has 1 atom stereocenters. The Morgan fingerprint density at radius 3 is 2.54 bits per heavy atom. The van der Waals surface area contributed by atoms with E-state index in [-0.39, 0.29) is 0 Å². The molecule has 2 aliphatic heterocycles. The Morgan fingerprint density at radius 2 is 1.92 bits per heavy atom. The van der Waals surface area contributed by atoms with Gasteiger partial charge in [0.05, 0.1) is 0 Å². The maximum absolute atomic E-state index is 11.9. The number of ketones is 1. The third kappa shape index (κ3) is 2.26. The van der Waals surface area contributed by atoms with Gasteiger partial charge in [0, 0.05) is 30.8 Å². The van der Waals surface area contributed by atoms with E-state index in [1.54, 1.807) is 0 Å². The largest absolute Gasteiger partial charge is 0.381 e. The van der Waals surface area contributed by atoms with Crippen molar-refractivity contribution >= 4 is 17.5 Å². The van der Waals surface area contributed by atoms with Crippen LogP contribution in [0.3, 0.4) is 0 Å². The van der Waals surface area contributed by atoms with Crippen LogP contribution in [0.15, 0.2) is 0 Å². The first kappa shape index (κ1) is 9.53. The fourth-order valence-corrected chi connectivity index (χ4v) is 3.31. The van der Waals surface area contributed by atoms with Crippen LogP contribution in [-0.2, 0) is 9.53 Å². The predicted molar refractivity (Wildman–Crippen MR) is 54.0 cm³/mol. The van der Waals surface area contributed by atoms with Crippen molar-refractivity contribution in [3.05, 3.63) is 0 Å². The van der Waals surface area contributed by atoms with Gasteiger partial charge < -0.3 is 4.74 Å². The zero-order chi connectivity index (χ0) is 9.10. The monoisotopic (exact) mass is 200 g/mol. The lowest BCUT2D eigenvalue weighted by Crippen LogP contribution is -2.28. The Bertz CT molecular complexity index is 181. The van der Waals surface area contributed by atoms with Crippen molar-refractivity contribution in [2.75, 3.05) is 24.7 Å². The Balaban J connectivity index is 1.87. The first-order valence-corrected chi connectivity index (χ1v) is 6.22. The summed E-state index contributed by atoms with van der Waals surface area (Å²) in [5, 5.41) is 0. The molecule has 0 N–H and O–H groups in total. The summed E-state index contributed by atoms with van der Waals surface area (Å²) in [5.74, 6) is 3.45. The highest BCUT2D eigenvalue weighted by molar-refractivity contribution is 7.99. The van der Waals surface area contributed by atoms with Gasteiger partial charge in [-0.25, -0.2) is 0 Å². The van der Waals surface area contributed by atoms with Crippen molar-refractivity contribution in [2.24, 2.45) is 11.8 Å². The summed E-state index contributed by atoms with van der Waals surface area (Å²) in [6.07, 6.45) is 3.03. The molecule has 3 heteroatoms. The first-order chi connectivity index (χ1) is 6.38. The van der Waals surface area contributed by atoms with Gasteiger partial charge in [0.1, 0.15) is 5.78 Å². The average Bonchev–Trinajstić information content (AvgIpc) is 2.71. The lowest BCUT2D eigenvalue weighted by Gasteiger charge is -2.23. The van der Waals surface area contributed by atoms with Gasteiger partial charge in [-0.05, 0) is 25.0 Å². The quantitative estimate of drug-likeness (QED) is 0.679. The van der Waals surface area contributed by atoms with Gasteiger partial charge in [-0.3, -0.25) is 4.79 Å². The smallest absolute Gasteiger partial charge is 0.140 e. The van der Waals surface area contributed by atoms with Gasteiger partial charge in [0.2, 0.25) is 0 Å². The van der Waals surface area contributed by atoms with Crippen molar-refractivity contribution in [2.45, 2.75) is 19.3 Å². The molecule has 2 aliphatic rings. The molecule has 0 aromatic heterocycles. The summed E-state index contributed by atoms with van der Waals surface area (Å²) in [4.78, 5) is 11.9. The minimum atomic E-state index is 0.317. The normalized spacial score (nSPS) is 30.6. The first-order valence-electron chi connectivity index (χ1n) is 5.07. The molecule has 0 aromatic rings. The Hall–Kier alpha value is -0.0200. The van der Waals surface area contributed by atoms with Gasteiger partial charge in [-0.1, -0.05) is 0 Å². The number of rotatable bonds is 2. The number of hydrogen-bond acceptors (Lipinski definition) is 3. The zero-order valence-corrected chi connectivity index (χ0v) is 8.65. The van der Waals surface area contributed by atoms with Crippen LogP contribution in [-0.4, -0.2) is 30.5 Å². The van der Waals surface area contributed by atoms with Crippen molar-refractivity contribution in [3.63, 3.8) is 0 Å². The second kappa shape index (κ2) is 4.47. The minimum absolute atomic E-state index is 0.317. The maximum Gasteiger partial charge on any atom is 0.140 e. The molecule has 2 fully saturated rings. The molecule has 1 unspecified atom stereocenters. The third-order valence-electron chi connectivity index (χ3n) is 2.96. The standard InChI is InChI=1S/C10H16O2S/c11-10(9-3-6-13-7-9)8-1-4-12-5-2-8/h8-9H,1-7H2. The van der Waals surface area contributed by atoms with Gasteiger partial charge in [-0.2, -0.15) is 11.8 Å². The molecule has 2 saturated heterocycles. The number of thioether (sulfide) groups is 1. The van der Waals surface area contributed by atoms with Gasteiger partial charge in [0.25, 0.3) is 0 Å². The van der Waals surface area contributed by atoms with Gasteiger partial charge in [-0.15, -0.1) is 0 Å². The zero-order valence-electron chi connectivity index (χ0n) is 7.83. The third-order valence-corrected chi connectivity index (χ3v) is 4.12. The summed E-state index contributed by atoms with van der Waals surface area (Å²) < 4.78 is 5.26. The highest BCUT2D eigenvalue weighted by Crippen LogP contribution is 2.29. The van der Waals surface area contributed by atoms with E-state index in [1.807, 2.05) is 11.8 Å². The van der Waals surface area contributed by atoms with E-state index in [9.17, 15) is 4.79 Å².